The number of thioether (sulfide) groups is 2. The van der Waals surface area contributed by atoms with E-state index in [9.17, 15) is 28.0 Å². The highest BCUT2D eigenvalue weighted by Crippen LogP contribution is 2.30. The lowest BCUT2D eigenvalue weighted by Crippen LogP contribution is -2.49. The number of carbonyl (C=O) groups is 4. The highest BCUT2D eigenvalue weighted by atomic mass is 32.2. The van der Waals surface area contributed by atoms with Crippen LogP contribution in [0.15, 0.2) is 36.4 Å². The van der Waals surface area contributed by atoms with Gasteiger partial charge in [0.25, 0.3) is 0 Å². The summed E-state index contributed by atoms with van der Waals surface area (Å²) in [5.41, 5.74) is 2.18. The van der Waals surface area contributed by atoms with E-state index >= 15 is 0 Å². The Kier molecular flexibility index (Phi) is 16.2. The zero-order valence-electron chi connectivity index (χ0n) is 30.7. The first-order valence-corrected chi connectivity index (χ1v) is 20.5. The first-order chi connectivity index (χ1) is 25.5. The smallest absolute Gasteiger partial charge is 0.414 e. The number of ether oxygens (including phenoxy) is 2. The summed E-state index contributed by atoms with van der Waals surface area (Å²) in [4.78, 5) is 54.0. The zero-order chi connectivity index (χ0) is 38.5. The van der Waals surface area contributed by atoms with E-state index < -0.39 is 18.2 Å². The fourth-order valence-electron chi connectivity index (χ4n) is 6.17. The van der Waals surface area contributed by atoms with Gasteiger partial charge in [0.15, 0.2) is 0 Å². The number of cyclic esters (lactones) is 2. The molecule has 2 aromatic rings. The van der Waals surface area contributed by atoms with Gasteiger partial charge in [0, 0.05) is 52.4 Å². The largest absolute Gasteiger partial charge is 0.481 e. The molecule has 6 rings (SSSR count). The summed E-state index contributed by atoms with van der Waals surface area (Å²) in [6.45, 7) is 10.5. The van der Waals surface area contributed by atoms with Crippen molar-refractivity contribution in [2.45, 2.75) is 38.9 Å². The molecule has 0 spiro atoms. The van der Waals surface area contributed by atoms with Crippen LogP contribution >= 0.6 is 23.5 Å². The van der Waals surface area contributed by atoms with E-state index in [2.05, 4.69) is 5.32 Å². The summed E-state index contributed by atoms with van der Waals surface area (Å²) >= 11 is 2.82. The van der Waals surface area contributed by atoms with Crippen molar-refractivity contribution in [3.05, 3.63) is 48.0 Å². The third-order valence-corrected chi connectivity index (χ3v) is 10.2. The number of hydrogen-bond acceptors (Lipinski definition) is 11. The summed E-state index contributed by atoms with van der Waals surface area (Å²) < 4.78 is 39.5. The molecule has 0 saturated carbocycles. The van der Waals surface area contributed by atoms with Crippen LogP contribution in [-0.2, 0) is 19.1 Å². The van der Waals surface area contributed by atoms with Crippen molar-refractivity contribution in [1.29, 1.82) is 0 Å². The Morgan fingerprint density at radius 1 is 0.755 bits per heavy atom. The number of nitrogens with zero attached hydrogens (tertiary/aromatic N) is 5. The Labute approximate surface area is 318 Å². The summed E-state index contributed by atoms with van der Waals surface area (Å²) in [6.07, 6.45) is 4.11. The summed E-state index contributed by atoms with van der Waals surface area (Å²) in [6, 6.07) is 9.82. The first kappa shape index (κ1) is 41.8. The van der Waals surface area contributed by atoms with Crippen LogP contribution in [0.3, 0.4) is 0 Å². The molecule has 4 saturated heterocycles. The molecule has 2 atom stereocenters. The molecule has 17 heteroatoms. The van der Waals surface area contributed by atoms with E-state index in [1.165, 1.54) is 45.5 Å². The molecule has 0 aromatic heterocycles. The van der Waals surface area contributed by atoms with E-state index in [-0.39, 0.29) is 35.5 Å². The van der Waals surface area contributed by atoms with Crippen LogP contribution in [0.4, 0.5) is 41.1 Å². The number of rotatable bonds is 10. The molecule has 0 unspecified atom stereocenters. The van der Waals surface area contributed by atoms with Gasteiger partial charge < -0.3 is 34.6 Å². The Morgan fingerprint density at radius 2 is 1.21 bits per heavy atom. The van der Waals surface area contributed by atoms with Crippen molar-refractivity contribution >= 4 is 70.3 Å². The molecule has 0 aliphatic carbocycles. The highest BCUT2D eigenvalue weighted by Gasteiger charge is 2.33. The van der Waals surface area contributed by atoms with E-state index in [0.717, 1.165) is 39.0 Å². The number of nitrogens with one attached hydrogen (secondary N) is 1. The minimum Gasteiger partial charge on any atom is -0.481 e. The number of piperazine rings is 2. The maximum atomic E-state index is 14.7. The lowest BCUT2D eigenvalue weighted by Gasteiger charge is -2.36. The predicted octanol–water partition coefficient (Wildman–Crippen LogP) is 4.98. The Balaban J connectivity index is 0.000000209. The second kappa shape index (κ2) is 20.5. The molecular weight excluding hydrogens is 731 g/mol. The average molecular weight is 781 g/mol. The molecule has 4 fully saturated rings. The maximum absolute atomic E-state index is 14.7. The predicted molar refractivity (Wildman–Crippen MR) is 207 cm³/mol. The Bertz CT molecular complexity index is 1560. The van der Waals surface area contributed by atoms with Crippen LogP contribution in [0, 0.1) is 11.6 Å². The topological polar surface area (TPSA) is 135 Å². The fourth-order valence-corrected chi connectivity index (χ4v) is 6.85. The van der Waals surface area contributed by atoms with E-state index in [0.29, 0.717) is 67.8 Å². The van der Waals surface area contributed by atoms with Crippen LogP contribution in [0.2, 0.25) is 0 Å². The second-order valence-corrected chi connectivity index (χ2v) is 14.4. The average Bonchev–Trinajstić information content (AvgIpc) is 3.74. The minimum absolute atomic E-state index is 0.103. The molecule has 0 bridgehead atoms. The van der Waals surface area contributed by atoms with E-state index in [4.69, 9.17) is 14.6 Å². The van der Waals surface area contributed by atoms with Gasteiger partial charge in [-0.2, -0.15) is 23.5 Å². The molecule has 292 valence electrons. The summed E-state index contributed by atoms with van der Waals surface area (Å²) in [5, 5.41) is 11.1. The lowest BCUT2D eigenvalue weighted by atomic mass is 10.2. The molecule has 3 amide bonds. The quantitative estimate of drug-likeness (QED) is 0.337. The van der Waals surface area contributed by atoms with Gasteiger partial charge in [-0.25, -0.2) is 18.4 Å². The van der Waals surface area contributed by atoms with Gasteiger partial charge in [-0.15, -0.1) is 0 Å². The minimum atomic E-state index is -0.748. The summed E-state index contributed by atoms with van der Waals surface area (Å²) in [5.74, 6) is -0.580. The van der Waals surface area contributed by atoms with Gasteiger partial charge in [0.1, 0.15) is 23.8 Å². The maximum Gasteiger partial charge on any atom is 0.414 e. The standard InChI is InChI=1S/C18H24FN3O3S.C15H20FN3O2.C3H6O2S/c1-3-14-11-22(18(24)25-14)13-4-5-16(15(19)10-13)20-6-8-21(9-7-20)17(23)12-26-2;1-2-12-10-19(15(20)21-12)11-3-4-14(13(16)9-11)18-7-5-17-6-8-18;1-6-2-3(4)5/h4-5,10,14H,3,6-9,11-12H2,1-2H3;3-4,9,12,17H,2,5-8,10H2,1H3;2H2,1H3,(H,4,5)/t14-;12-;/m00./s1. The number of benzene rings is 2. The van der Waals surface area contributed by atoms with Gasteiger partial charge in [-0.1, -0.05) is 13.8 Å². The van der Waals surface area contributed by atoms with Crippen molar-refractivity contribution in [3.8, 4) is 0 Å². The molecule has 2 N–H and O–H groups in total. The number of carboxylic acids is 1. The number of carbonyl (C=O) groups excluding carboxylic acids is 3. The van der Waals surface area contributed by atoms with Crippen molar-refractivity contribution in [2.75, 3.05) is 109 Å². The normalized spacial score (nSPS) is 19.9. The fraction of sp³-hybridized carbons (Fsp3) is 0.556. The second-order valence-electron chi connectivity index (χ2n) is 12.7. The number of hydrogen-bond donors (Lipinski definition) is 2. The van der Waals surface area contributed by atoms with Gasteiger partial charge in [-0.3, -0.25) is 19.4 Å². The van der Waals surface area contributed by atoms with Crippen LogP contribution in [-0.4, -0.2) is 136 Å². The highest BCUT2D eigenvalue weighted by molar-refractivity contribution is 7.99. The van der Waals surface area contributed by atoms with Crippen LogP contribution in [0.25, 0.3) is 0 Å². The first-order valence-electron chi connectivity index (χ1n) is 17.7. The van der Waals surface area contributed by atoms with Crippen LogP contribution < -0.4 is 24.9 Å². The van der Waals surface area contributed by atoms with Gasteiger partial charge in [-0.05, 0) is 61.8 Å². The SMILES string of the molecule is CC[C@H]1CN(c2ccc(N3CCN(C(=O)CSC)CC3)c(F)c2)C(=O)O1.CC[C@H]1CN(c2ccc(N3CCNCC3)c(F)c2)C(=O)O1.CSCC(=O)O. The summed E-state index contributed by atoms with van der Waals surface area (Å²) in [7, 11) is 0. The zero-order valence-corrected chi connectivity index (χ0v) is 32.4. The number of anilines is 4. The van der Waals surface area contributed by atoms with Crippen LogP contribution in [0.5, 0.6) is 0 Å². The number of amides is 3. The van der Waals surface area contributed by atoms with E-state index in [1.807, 2.05) is 34.8 Å². The molecule has 4 aliphatic heterocycles. The van der Waals surface area contributed by atoms with E-state index in [1.54, 1.807) is 30.5 Å². The molecular formula is C36H50F2N6O7S2. The molecule has 0 radical (unpaired) electrons. The molecule has 13 nitrogen and oxygen atoms in total. The number of aliphatic carboxylic acids is 1. The molecule has 4 aliphatic rings. The Hall–Kier alpha value is -3.96. The lowest BCUT2D eigenvalue weighted by molar-refractivity contribution is -0.134. The van der Waals surface area contributed by atoms with Gasteiger partial charge in [0.05, 0.1) is 47.3 Å². The Morgan fingerprint density at radius 3 is 1.57 bits per heavy atom. The van der Waals surface area contributed by atoms with Gasteiger partial charge >= 0.3 is 18.2 Å². The van der Waals surface area contributed by atoms with Crippen molar-refractivity contribution in [3.63, 3.8) is 0 Å². The van der Waals surface area contributed by atoms with Crippen LogP contribution in [0.1, 0.15) is 26.7 Å². The van der Waals surface area contributed by atoms with Gasteiger partial charge in [0.2, 0.25) is 5.91 Å². The third-order valence-electron chi connectivity index (χ3n) is 9.11. The number of halogens is 2. The molecule has 4 heterocycles. The van der Waals surface area contributed by atoms with Crippen molar-refractivity contribution in [1.82, 2.24) is 10.2 Å². The third kappa shape index (κ3) is 11.5. The van der Waals surface area contributed by atoms with Crippen molar-refractivity contribution < 1.29 is 42.5 Å². The number of carboxylic acid groups (broad SMARTS) is 1. The van der Waals surface area contributed by atoms with Crippen molar-refractivity contribution in [2.24, 2.45) is 0 Å². The monoisotopic (exact) mass is 780 g/mol. The molecule has 2 aromatic carbocycles. The molecule has 53 heavy (non-hydrogen) atoms.